The molecule has 0 N–H and O–H groups in total. The molecule has 18 heavy (non-hydrogen) atoms. The summed E-state index contributed by atoms with van der Waals surface area (Å²) >= 11 is 3.17. The molecule has 1 aromatic carbocycles. The summed E-state index contributed by atoms with van der Waals surface area (Å²) in [6, 6.07) is 3.00. The van der Waals surface area contributed by atoms with Crippen LogP contribution in [0.25, 0.3) is 0 Å². The van der Waals surface area contributed by atoms with Crippen molar-refractivity contribution in [1.29, 1.82) is 0 Å². The number of carbonyl (C=O) groups excluding carboxylic acids is 1. The Hall–Kier alpha value is -1.63. The summed E-state index contributed by atoms with van der Waals surface area (Å²) in [6.45, 7) is 3.13. The SMILES string of the molecule is COC(=O)[C@H](C)Oc1c(C)cc(Br)cc1[N+](=O)[O-]. The first-order valence-corrected chi connectivity index (χ1v) is 5.85. The van der Waals surface area contributed by atoms with Crippen LogP contribution in [0, 0.1) is 17.0 Å². The van der Waals surface area contributed by atoms with Crippen LogP contribution in [0.2, 0.25) is 0 Å². The van der Waals surface area contributed by atoms with Crippen molar-refractivity contribution in [2.24, 2.45) is 0 Å². The van der Waals surface area contributed by atoms with Gasteiger partial charge < -0.3 is 9.47 Å². The fraction of sp³-hybridized carbons (Fsp3) is 0.364. The molecule has 7 heteroatoms. The van der Waals surface area contributed by atoms with Gasteiger partial charge in [0, 0.05) is 10.5 Å². The van der Waals surface area contributed by atoms with Crippen molar-refractivity contribution >= 4 is 27.6 Å². The van der Waals surface area contributed by atoms with E-state index >= 15 is 0 Å². The number of methoxy groups -OCH3 is 1. The number of hydrogen-bond acceptors (Lipinski definition) is 5. The maximum Gasteiger partial charge on any atom is 0.346 e. The van der Waals surface area contributed by atoms with Gasteiger partial charge in [-0.15, -0.1) is 0 Å². The molecule has 0 spiro atoms. The fourth-order valence-electron chi connectivity index (χ4n) is 1.39. The number of hydrogen-bond donors (Lipinski definition) is 0. The van der Waals surface area contributed by atoms with E-state index in [2.05, 4.69) is 20.7 Å². The number of rotatable bonds is 4. The van der Waals surface area contributed by atoms with E-state index in [1.807, 2.05) is 0 Å². The largest absolute Gasteiger partial charge is 0.472 e. The minimum atomic E-state index is -0.909. The van der Waals surface area contributed by atoms with Crippen LogP contribution in [0.1, 0.15) is 12.5 Å². The lowest BCUT2D eigenvalue weighted by molar-refractivity contribution is -0.386. The highest BCUT2D eigenvalue weighted by Gasteiger charge is 2.24. The van der Waals surface area contributed by atoms with Crippen LogP contribution in [0.3, 0.4) is 0 Å². The van der Waals surface area contributed by atoms with E-state index in [1.165, 1.54) is 20.1 Å². The molecule has 0 aliphatic rings. The number of benzene rings is 1. The Morgan fingerprint density at radius 3 is 2.61 bits per heavy atom. The second-order valence-electron chi connectivity index (χ2n) is 3.61. The molecule has 0 aliphatic heterocycles. The topological polar surface area (TPSA) is 78.7 Å². The number of nitro groups is 1. The molecule has 0 aliphatic carbocycles. The molecule has 0 heterocycles. The Kier molecular flexibility index (Phi) is 4.66. The minimum absolute atomic E-state index is 0.0705. The first kappa shape index (κ1) is 14.4. The van der Waals surface area contributed by atoms with Crippen LogP contribution in [0.4, 0.5) is 5.69 Å². The molecule has 98 valence electrons. The van der Waals surface area contributed by atoms with E-state index in [-0.39, 0.29) is 11.4 Å². The standard InChI is InChI=1S/C11H12BrNO5/c1-6-4-8(12)5-9(13(15)16)10(6)18-7(2)11(14)17-3/h4-5,7H,1-3H3/t7-/m0/s1. The zero-order chi connectivity index (χ0) is 13.9. The van der Waals surface area contributed by atoms with Crippen LogP contribution >= 0.6 is 15.9 Å². The Morgan fingerprint density at radius 2 is 2.11 bits per heavy atom. The molecule has 0 aromatic heterocycles. The second-order valence-corrected chi connectivity index (χ2v) is 4.53. The maximum atomic E-state index is 11.2. The summed E-state index contributed by atoms with van der Waals surface area (Å²) in [5, 5.41) is 10.9. The van der Waals surface area contributed by atoms with Gasteiger partial charge in [-0.25, -0.2) is 4.79 Å². The highest BCUT2D eigenvalue weighted by atomic mass is 79.9. The number of nitro benzene ring substituents is 1. The summed E-state index contributed by atoms with van der Waals surface area (Å²) in [5.41, 5.74) is 0.365. The molecule has 1 aromatic rings. The van der Waals surface area contributed by atoms with Gasteiger partial charge in [-0.2, -0.15) is 0 Å². The Balaban J connectivity index is 3.15. The van der Waals surface area contributed by atoms with Crippen LogP contribution in [0.15, 0.2) is 16.6 Å². The minimum Gasteiger partial charge on any atom is -0.472 e. The van der Waals surface area contributed by atoms with Crippen molar-refractivity contribution in [1.82, 2.24) is 0 Å². The van der Waals surface area contributed by atoms with Crippen LogP contribution in [-0.4, -0.2) is 24.1 Å². The first-order valence-electron chi connectivity index (χ1n) is 5.05. The van der Waals surface area contributed by atoms with Crippen LogP contribution < -0.4 is 4.74 Å². The molecule has 0 radical (unpaired) electrons. The van der Waals surface area contributed by atoms with E-state index in [4.69, 9.17) is 4.74 Å². The molecule has 1 rings (SSSR count). The average Bonchev–Trinajstić information content (AvgIpc) is 2.30. The summed E-state index contributed by atoms with van der Waals surface area (Å²) in [5.74, 6) is -0.521. The van der Waals surface area contributed by atoms with Crippen molar-refractivity contribution in [2.75, 3.05) is 7.11 Å². The third-order valence-electron chi connectivity index (χ3n) is 2.24. The third-order valence-corrected chi connectivity index (χ3v) is 2.70. The van der Waals surface area contributed by atoms with Gasteiger partial charge in [0.15, 0.2) is 6.10 Å². The number of esters is 1. The van der Waals surface area contributed by atoms with Gasteiger partial charge in [0.1, 0.15) is 0 Å². The molecule has 0 bridgehead atoms. The Morgan fingerprint density at radius 1 is 1.50 bits per heavy atom. The van der Waals surface area contributed by atoms with Crippen molar-refractivity contribution < 1.29 is 19.2 Å². The van der Waals surface area contributed by atoms with Gasteiger partial charge in [-0.1, -0.05) is 15.9 Å². The Bertz CT molecular complexity index is 489. The molecule has 0 fully saturated rings. The van der Waals surface area contributed by atoms with Gasteiger partial charge in [-0.05, 0) is 25.5 Å². The van der Waals surface area contributed by atoms with Crippen molar-refractivity contribution in [3.8, 4) is 5.75 Å². The van der Waals surface area contributed by atoms with Gasteiger partial charge in [0.2, 0.25) is 5.75 Å². The fourth-order valence-corrected chi connectivity index (χ4v) is 1.95. The van der Waals surface area contributed by atoms with Crippen LogP contribution in [0.5, 0.6) is 5.75 Å². The number of ether oxygens (including phenoxy) is 2. The lowest BCUT2D eigenvalue weighted by Gasteiger charge is -2.14. The van der Waals surface area contributed by atoms with E-state index < -0.39 is 17.0 Å². The van der Waals surface area contributed by atoms with Crippen molar-refractivity contribution in [3.63, 3.8) is 0 Å². The number of carbonyl (C=O) groups is 1. The summed E-state index contributed by atoms with van der Waals surface area (Å²) in [7, 11) is 1.23. The average molecular weight is 318 g/mol. The summed E-state index contributed by atoms with van der Waals surface area (Å²) < 4.78 is 10.4. The summed E-state index contributed by atoms with van der Waals surface area (Å²) in [4.78, 5) is 21.6. The predicted octanol–water partition coefficient (Wildman–Crippen LogP) is 2.61. The molecule has 0 amide bonds. The number of halogens is 1. The lowest BCUT2D eigenvalue weighted by atomic mass is 10.2. The number of nitrogens with zero attached hydrogens (tertiary/aromatic N) is 1. The molecular formula is C11H12BrNO5. The lowest BCUT2D eigenvalue weighted by Crippen LogP contribution is -2.25. The van der Waals surface area contributed by atoms with E-state index in [9.17, 15) is 14.9 Å². The highest BCUT2D eigenvalue weighted by molar-refractivity contribution is 9.10. The van der Waals surface area contributed by atoms with Gasteiger partial charge >= 0.3 is 11.7 Å². The second kappa shape index (κ2) is 5.81. The van der Waals surface area contributed by atoms with Crippen LogP contribution in [-0.2, 0) is 9.53 Å². The molecule has 0 unspecified atom stereocenters. The summed E-state index contributed by atoms with van der Waals surface area (Å²) in [6.07, 6.45) is -0.909. The zero-order valence-electron chi connectivity index (χ0n) is 10.1. The quantitative estimate of drug-likeness (QED) is 0.484. The monoisotopic (exact) mass is 317 g/mol. The van der Waals surface area contributed by atoms with Gasteiger partial charge in [0.25, 0.3) is 0 Å². The third kappa shape index (κ3) is 3.19. The molecule has 0 saturated heterocycles. The van der Waals surface area contributed by atoms with Gasteiger partial charge in [-0.3, -0.25) is 10.1 Å². The predicted molar refractivity (Wildman–Crippen MR) is 67.6 cm³/mol. The zero-order valence-corrected chi connectivity index (χ0v) is 11.7. The smallest absolute Gasteiger partial charge is 0.346 e. The maximum absolute atomic E-state index is 11.2. The van der Waals surface area contributed by atoms with E-state index in [0.29, 0.717) is 10.0 Å². The molecule has 6 nitrogen and oxygen atoms in total. The highest BCUT2D eigenvalue weighted by Crippen LogP contribution is 2.34. The molecule has 0 saturated carbocycles. The van der Waals surface area contributed by atoms with Gasteiger partial charge in [0.05, 0.1) is 12.0 Å². The molecular weight excluding hydrogens is 306 g/mol. The molecule has 1 atom stereocenters. The Labute approximate surface area is 112 Å². The normalized spacial score (nSPS) is 11.8. The van der Waals surface area contributed by atoms with Crippen molar-refractivity contribution in [2.45, 2.75) is 20.0 Å². The number of aryl methyl sites for hydroxylation is 1. The van der Waals surface area contributed by atoms with Crippen molar-refractivity contribution in [3.05, 3.63) is 32.3 Å². The first-order chi connectivity index (χ1) is 8.36. The van der Waals surface area contributed by atoms with E-state index in [0.717, 1.165) is 0 Å². The van der Waals surface area contributed by atoms with E-state index in [1.54, 1.807) is 13.0 Å².